The van der Waals surface area contributed by atoms with Gasteiger partial charge in [0.2, 0.25) is 0 Å². The molecule has 0 aromatic heterocycles. The third-order valence-electron chi connectivity index (χ3n) is 2.08. The predicted octanol–water partition coefficient (Wildman–Crippen LogP) is 4.97. The molecule has 0 amide bonds. The summed E-state index contributed by atoms with van der Waals surface area (Å²) < 4.78 is -0.983. The zero-order valence-corrected chi connectivity index (χ0v) is 11.5. The van der Waals surface area contributed by atoms with Gasteiger partial charge in [0, 0.05) is 0 Å². The molecule has 1 aromatic carbocycles. The summed E-state index contributed by atoms with van der Waals surface area (Å²) in [6.45, 7) is 6.51. The van der Waals surface area contributed by atoms with E-state index in [1.54, 1.807) is 0 Å². The Labute approximate surface area is 104 Å². The Morgan fingerprint density at radius 2 is 1.29 bits per heavy atom. The first-order valence-electron chi connectivity index (χ1n) is 4.39. The average molecular weight is 296 g/mol. The summed E-state index contributed by atoms with van der Waals surface area (Å²) >= 11 is 15.0. The second-order valence-corrected chi connectivity index (χ2v) is 7.76. The van der Waals surface area contributed by atoms with Crippen LogP contribution in [0.25, 0.3) is 0 Å². The minimum Gasteiger partial charge on any atom is -0.0834 e. The molecule has 0 unspecified atom stereocenters. The van der Waals surface area contributed by atoms with Gasteiger partial charge in [0.1, 0.15) is 0 Å². The Hall–Kier alpha value is 0.280. The van der Waals surface area contributed by atoms with Gasteiger partial charge in [-0.05, 0) is 32.5 Å². The van der Waals surface area contributed by atoms with E-state index in [4.69, 9.17) is 23.2 Å². The normalized spacial score (nSPS) is 13.0. The quantitative estimate of drug-likeness (QED) is 0.642. The Kier molecular flexibility index (Phi) is 3.56. The van der Waals surface area contributed by atoms with E-state index in [1.807, 2.05) is 12.1 Å². The molecular weight excluding hydrogens is 283 g/mol. The standard InChI is InChI=1S/C11H13BrCl2/c1-10(2,3)8-4-6-9(7-5-8)11(12,13)14/h4-7H,1-3H3. The van der Waals surface area contributed by atoms with Crippen molar-refractivity contribution < 1.29 is 0 Å². The van der Waals surface area contributed by atoms with E-state index >= 15 is 0 Å². The minimum absolute atomic E-state index is 0.159. The third kappa shape index (κ3) is 3.15. The lowest BCUT2D eigenvalue weighted by molar-refractivity contribution is 0.590. The van der Waals surface area contributed by atoms with E-state index in [1.165, 1.54) is 5.56 Å². The lowest BCUT2D eigenvalue weighted by atomic mass is 9.87. The smallest absolute Gasteiger partial charge is 0.0834 e. The van der Waals surface area contributed by atoms with Gasteiger partial charge in [0.05, 0.1) is 0 Å². The van der Waals surface area contributed by atoms with Crippen molar-refractivity contribution in [1.82, 2.24) is 0 Å². The van der Waals surface area contributed by atoms with Gasteiger partial charge in [-0.3, -0.25) is 0 Å². The first-order valence-corrected chi connectivity index (χ1v) is 5.94. The van der Waals surface area contributed by atoms with Crippen LogP contribution in [0.1, 0.15) is 31.9 Å². The largest absolute Gasteiger partial charge is 0.197 e. The third-order valence-corrected chi connectivity index (χ3v) is 2.97. The second-order valence-electron chi connectivity index (χ2n) is 4.33. The lowest BCUT2D eigenvalue weighted by Gasteiger charge is -2.20. The molecule has 0 atom stereocenters. The van der Waals surface area contributed by atoms with Gasteiger partial charge < -0.3 is 0 Å². The summed E-state index contributed by atoms with van der Waals surface area (Å²) in [6, 6.07) is 7.98. The average Bonchev–Trinajstić information content (AvgIpc) is 2.01. The SMILES string of the molecule is CC(C)(C)c1ccc(C(Cl)(Cl)Br)cc1. The van der Waals surface area contributed by atoms with E-state index in [9.17, 15) is 0 Å². The molecule has 0 saturated carbocycles. The monoisotopic (exact) mass is 294 g/mol. The van der Waals surface area contributed by atoms with Crippen molar-refractivity contribution in [2.45, 2.75) is 29.4 Å². The van der Waals surface area contributed by atoms with Crippen molar-refractivity contribution in [3.05, 3.63) is 35.4 Å². The maximum Gasteiger partial charge on any atom is 0.197 e. The summed E-state index contributed by atoms with van der Waals surface area (Å²) in [7, 11) is 0. The van der Waals surface area contributed by atoms with Crippen LogP contribution in [0.3, 0.4) is 0 Å². The van der Waals surface area contributed by atoms with Crippen molar-refractivity contribution in [3.8, 4) is 0 Å². The minimum atomic E-state index is -0.983. The molecule has 14 heavy (non-hydrogen) atoms. The van der Waals surface area contributed by atoms with E-state index in [2.05, 4.69) is 48.8 Å². The lowest BCUT2D eigenvalue weighted by Crippen LogP contribution is -2.11. The van der Waals surface area contributed by atoms with E-state index in [-0.39, 0.29) is 5.41 Å². The summed E-state index contributed by atoms with van der Waals surface area (Å²) in [5, 5.41) is 0. The van der Waals surface area contributed by atoms with Gasteiger partial charge in [-0.2, -0.15) is 0 Å². The van der Waals surface area contributed by atoms with Crippen LogP contribution >= 0.6 is 39.1 Å². The molecule has 0 saturated heterocycles. The molecule has 0 nitrogen and oxygen atoms in total. The van der Waals surface area contributed by atoms with Gasteiger partial charge in [-0.15, -0.1) is 0 Å². The fourth-order valence-electron chi connectivity index (χ4n) is 1.16. The first kappa shape index (κ1) is 12.4. The highest BCUT2D eigenvalue weighted by Crippen LogP contribution is 2.40. The number of rotatable bonds is 1. The molecule has 0 aliphatic rings. The molecule has 1 rings (SSSR count). The van der Waals surface area contributed by atoms with E-state index in [0.717, 1.165) is 5.56 Å². The van der Waals surface area contributed by atoms with Crippen LogP contribution in [0.4, 0.5) is 0 Å². The fourth-order valence-corrected chi connectivity index (χ4v) is 1.68. The highest BCUT2D eigenvalue weighted by Gasteiger charge is 2.22. The topological polar surface area (TPSA) is 0 Å². The van der Waals surface area contributed by atoms with Crippen LogP contribution in [0.2, 0.25) is 0 Å². The summed E-state index contributed by atoms with van der Waals surface area (Å²) in [5.74, 6) is 0. The maximum atomic E-state index is 5.91. The molecule has 0 heterocycles. The molecular formula is C11H13BrCl2. The molecule has 0 fully saturated rings. The second kappa shape index (κ2) is 4.03. The highest BCUT2D eigenvalue weighted by molar-refractivity contribution is 9.10. The van der Waals surface area contributed by atoms with Gasteiger partial charge in [-0.25, -0.2) is 0 Å². The molecule has 0 radical (unpaired) electrons. The Bertz CT molecular complexity index is 271. The predicted molar refractivity (Wildman–Crippen MR) is 67.5 cm³/mol. The van der Waals surface area contributed by atoms with E-state index in [0.29, 0.717) is 0 Å². The van der Waals surface area contributed by atoms with Crippen molar-refractivity contribution in [3.63, 3.8) is 0 Å². The van der Waals surface area contributed by atoms with Crippen LogP contribution in [0.15, 0.2) is 24.3 Å². The van der Waals surface area contributed by atoms with Gasteiger partial charge >= 0.3 is 0 Å². The van der Waals surface area contributed by atoms with Gasteiger partial charge in [0.25, 0.3) is 0 Å². The van der Waals surface area contributed by atoms with Crippen LogP contribution in [-0.2, 0) is 8.66 Å². The zero-order chi connectivity index (χ0) is 11.0. The summed E-state index contributed by atoms with van der Waals surface area (Å²) in [4.78, 5) is 0. The summed E-state index contributed by atoms with van der Waals surface area (Å²) in [6.07, 6.45) is 0. The molecule has 0 spiro atoms. The first-order chi connectivity index (χ1) is 6.21. The van der Waals surface area contributed by atoms with Crippen LogP contribution in [0.5, 0.6) is 0 Å². The highest BCUT2D eigenvalue weighted by atomic mass is 79.9. The van der Waals surface area contributed by atoms with Crippen molar-refractivity contribution >= 4 is 39.1 Å². The molecule has 3 heteroatoms. The van der Waals surface area contributed by atoms with Gasteiger partial charge in [-0.1, -0.05) is 68.2 Å². The zero-order valence-electron chi connectivity index (χ0n) is 8.44. The molecule has 0 aliphatic heterocycles. The maximum absolute atomic E-state index is 5.91. The van der Waals surface area contributed by atoms with E-state index < -0.39 is 3.24 Å². The van der Waals surface area contributed by atoms with Crippen molar-refractivity contribution in [2.75, 3.05) is 0 Å². The van der Waals surface area contributed by atoms with Gasteiger partial charge in [0.15, 0.2) is 3.24 Å². The number of halogens is 3. The Balaban J connectivity index is 3.02. The number of hydrogen-bond acceptors (Lipinski definition) is 0. The Morgan fingerprint density at radius 3 is 1.57 bits per heavy atom. The van der Waals surface area contributed by atoms with Crippen molar-refractivity contribution in [1.29, 1.82) is 0 Å². The van der Waals surface area contributed by atoms with Crippen LogP contribution < -0.4 is 0 Å². The number of benzene rings is 1. The molecule has 78 valence electrons. The molecule has 0 bridgehead atoms. The fraction of sp³-hybridized carbons (Fsp3) is 0.455. The van der Waals surface area contributed by atoms with Crippen LogP contribution in [0, 0.1) is 0 Å². The number of hydrogen-bond donors (Lipinski definition) is 0. The van der Waals surface area contributed by atoms with Crippen molar-refractivity contribution in [2.24, 2.45) is 0 Å². The molecule has 0 aliphatic carbocycles. The molecule has 1 aromatic rings. The van der Waals surface area contributed by atoms with Crippen LogP contribution in [-0.4, -0.2) is 0 Å². The summed E-state index contributed by atoms with van der Waals surface area (Å²) in [5.41, 5.74) is 2.28. The molecule has 0 N–H and O–H groups in total. The number of alkyl halides is 3. The Morgan fingerprint density at radius 1 is 0.929 bits per heavy atom.